The highest BCUT2D eigenvalue weighted by molar-refractivity contribution is 5.86. The Balaban J connectivity index is 0.935. The first-order valence-corrected chi connectivity index (χ1v) is 26.3. The molecule has 8 aromatic carbocycles. The molecule has 13 heteroatoms. The molecule has 0 aliphatic carbocycles. The molecule has 78 heavy (non-hydrogen) atoms. The van der Waals surface area contributed by atoms with Gasteiger partial charge in [-0.2, -0.15) is 30.7 Å². The van der Waals surface area contributed by atoms with Crippen molar-refractivity contribution in [3.63, 3.8) is 0 Å². The second kappa shape index (κ2) is 25.4. The minimum absolute atomic E-state index is 0.346. The number of nitrogens with zero attached hydrogens (tertiary/aromatic N) is 10. The van der Waals surface area contributed by atoms with Crippen LogP contribution in [0.15, 0.2) is 194 Å². The van der Waals surface area contributed by atoms with E-state index in [-0.39, 0.29) is 0 Å². The number of methoxy groups -OCH3 is 3. The van der Waals surface area contributed by atoms with E-state index in [4.69, 9.17) is 24.4 Å². The Labute approximate surface area is 459 Å². The highest BCUT2D eigenvalue weighted by Crippen LogP contribution is 2.38. The summed E-state index contributed by atoms with van der Waals surface area (Å²) in [6, 6.07) is 56.1. The smallest absolute Gasteiger partial charge is 0.144 e. The molecule has 8 aromatic rings. The molecule has 13 nitrogen and oxygen atoms in total. The lowest BCUT2D eigenvalue weighted by atomic mass is 9.99. The van der Waals surface area contributed by atoms with Crippen LogP contribution in [-0.2, 0) is 9.47 Å². The van der Waals surface area contributed by atoms with Crippen LogP contribution in [-0.4, -0.2) is 60.3 Å². The van der Waals surface area contributed by atoms with Crippen LogP contribution in [0.3, 0.4) is 0 Å². The maximum Gasteiger partial charge on any atom is 0.144 e. The summed E-state index contributed by atoms with van der Waals surface area (Å²) >= 11 is 0. The van der Waals surface area contributed by atoms with Crippen LogP contribution in [0.2, 0.25) is 0 Å². The zero-order valence-electron chi connectivity index (χ0n) is 46.2. The summed E-state index contributed by atoms with van der Waals surface area (Å²) in [4.78, 5) is 4.38. The van der Waals surface area contributed by atoms with Crippen molar-refractivity contribution in [3.8, 4) is 16.9 Å². The van der Waals surface area contributed by atoms with Crippen molar-refractivity contribution < 1.29 is 14.2 Å². The van der Waals surface area contributed by atoms with Crippen molar-refractivity contribution in [3.05, 3.63) is 208 Å². The largest absolute Gasteiger partial charge is 0.494 e. The highest BCUT2D eigenvalue weighted by atomic mass is 16.5. The number of azo groups is 2. The monoisotopic (exact) mass is 1040 g/mol. The number of benzene rings is 8. The standard InChI is InChI=1S/C65H68N10O3/c1-45-17-15-21-57(33-45)75(66-41-51-23-29-61(48(4)34-51)69-70-62-30-27-56(37-49(62)5)72-31-13-14-32-72)59-26-28-60(47(3)36-59)52-18-16-22-58(39-52)74(55-19-11-10-12-20-55)67-42-53-24-25-54(35-46(53)2)68-71-63-40-65(78-9)64(38-50(63)6)73(43-76-7)44-77-8/h10-12,15-30,33-42H,13-14,31-32,43-44H2,1-9H3/b66-41+,67-42+,70-69?,71-68?. The van der Waals surface area contributed by atoms with Gasteiger partial charge < -0.3 is 24.0 Å². The number of hydrazone groups is 2. The molecule has 0 aromatic heterocycles. The average molecular weight is 1040 g/mol. The Morgan fingerprint density at radius 1 is 0.487 bits per heavy atom. The first-order valence-electron chi connectivity index (χ1n) is 26.3. The Morgan fingerprint density at radius 3 is 1.81 bits per heavy atom. The molecule has 0 amide bonds. The fourth-order valence-corrected chi connectivity index (χ4v) is 9.60. The molecule has 0 spiro atoms. The summed E-state index contributed by atoms with van der Waals surface area (Å²) in [5.74, 6) is 0.647. The van der Waals surface area contributed by atoms with Crippen molar-refractivity contribution in [2.24, 2.45) is 30.7 Å². The van der Waals surface area contributed by atoms with E-state index >= 15 is 0 Å². The van der Waals surface area contributed by atoms with Gasteiger partial charge >= 0.3 is 0 Å². The molecule has 396 valence electrons. The predicted molar refractivity (Wildman–Crippen MR) is 321 cm³/mol. The zero-order chi connectivity index (χ0) is 54.5. The van der Waals surface area contributed by atoms with E-state index in [1.165, 1.54) is 18.5 Å². The van der Waals surface area contributed by atoms with E-state index in [0.717, 1.165) is 114 Å². The van der Waals surface area contributed by atoms with Gasteiger partial charge in [0, 0.05) is 39.1 Å². The number of para-hydroxylation sites is 1. The normalized spacial score (nSPS) is 12.7. The van der Waals surface area contributed by atoms with Crippen LogP contribution < -0.4 is 24.6 Å². The number of hydrogen-bond acceptors (Lipinski definition) is 13. The fourth-order valence-electron chi connectivity index (χ4n) is 9.60. The molecule has 1 aliphatic heterocycles. The molecule has 0 bridgehead atoms. The van der Waals surface area contributed by atoms with Gasteiger partial charge in [0.15, 0.2) is 0 Å². The van der Waals surface area contributed by atoms with Crippen molar-refractivity contribution in [1.29, 1.82) is 0 Å². The van der Waals surface area contributed by atoms with E-state index in [9.17, 15) is 0 Å². The van der Waals surface area contributed by atoms with Gasteiger partial charge in [-0.1, -0.05) is 60.7 Å². The number of anilines is 6. The summed E-state index contributed by atoms with van der Waals surface area (Å²) in [7, 11) is 4.93. The van der Waals surface area contributed by atoms with E-state index in [2.05, 4.69) is 163 Å². The molecule has 0 atom stereocenters. The number of rotatable bonds is 20. The lowest BCUT2D eigenvalue weighted by molar-refractivity contribution is 0.140. The van der Waals surface area contributed by atoms with Gasteiger partial charge in [0.25, 0.3) is 0 Å². The molecular weight excluding hydrogens is 969 g/mol. The lowest BCUT2D eigenvalue weighted by Crippen LogP contribution is -2.28. The first-order chi connectivity index (χ1) is 38.0. The number of hydrogen-bond donors (Lipinski definition) is 0. The van der Waals surface area contributed by atoms with Crippen LogP contribution in [0.1, 0.15) is 57.3 Å². The van der Waals surface area contributed by atoms with Crippen LogP contribution in [0.4, 0.5) is 56.9 Å². The lowest BCUT2D eigenvalue weighted by Gasteiger charge is -2.25. The van der Waals surface area contributed by atoms with E-state index in [1.807, 2.05) is 94.9 Å². The van der Waals surface area contributed by atoms with Gasteiger partial charge in [-0.3, -0.25) is 0 Å². The van der Waals surface area contributed by atoms with E-state index < -0.39 is 0 Å². The third kappa shape index (κ3) is 13.1. The van der Waals surface area contributed by atoms with Gasteiger partial charge in [0.1, 0.15) is 19.2 Å². The van der Waals surface area contributed by atoms with Gasteiger partial charge in [-0.25, -0.2) is 10.0 Å². The summed E-state index contributed by atoms with van der Waals surface area (Å²) < 4.78 is 16.5. The molecule has 1 saturated heterocycles. The maximum atomic E-state index is 5.74. The molecular formula is C65H68N10O3. The van der Waals surface area contributed by atoms with Gasteiger partial charge in [-0.15, -0.1) is 0 Å². The second-order valence-electron chi connectivity index (χ2n) is 19.7. The fraction of sp³-hybridized carbons (Fsp3) is 0.231. The van der Waals surface area contributed by atoms with Crippen molar-refractivity contribution in [2.45, 2.75) is 54.4 Å². The number of aryl methyl sites for hydroxylation is 6. The Hall–Kier alpha value is -8.78. The Kier molecular flexibility index (Phi) is 17.6. The summed E-state index contributed by atoms with van der Waals surface area (Å²) in [6.07, 6.45) is 6.30. The summed E-state index contributed by atoms with van der Waals surface area (Å²) in [5.41, 5.74) is 19.4. The minimum atomic E-state index is 0.346. The number of ether oxygens (including phenoxy) is 3. The third-order valence-corrected chi connectivity index (χ3v) is 13.8. The molecule has 1 heterocycles. The van der Waals surface area contributed by atoms with Crippen LogP contribution in [0.25, 0.3) is 11.1 Å². The van der Waals surface area contributed by atoms with Crippen LogP contribution in [0.5, 0.6) is 5.75 Å². The van der Waals surface area contributed by atoms with Crippen LogP contribution in [0, 0.1) is 41.5 Å². The SMILES string of the molecule is COCN(COC)c1cc(C)c(N=Nc2ccc(/C=N/N(c3ccccc3)c3cccc(-c4ccc(N(/N=C/c5ccc(N=Nc6ccc(N7CCCC7)cc6C)c(C)c5)c5cccc(C)c5)cc4C)c3)c(C)c2)cc1OC. The minimum Gasteiger partial charge on any atom is -0.494 e. The third-order valence-electron chi connectivity index (χ3n) is 13.8. The molecule has 0 N–H and O–H groups in total. The molecule has 0 unspecified atom stereocenters. The van der Waals surface area contributed by atoms with E-state index in [1.54, 1.807) is 21.3 Å². The summed E-state index contributed by atoms with van der Waals surface area (Å²) in [5, 5.41) is 32.8. The maximum absolute atomic E-state index is 5.74. The quantitative estimate of drug-likeness (QED) is 0.0323. The molecule has 1 aliphatic rings. The van der Waals surface area contributed by atoms with Crippen molar-refractivity contribution in [1.82, 2.24) is 0 Å². The molecule has 0 saturated carbocycles. The van der Waals surface area contributed by atoms with Crippen molar-refractivity contribution >= 4 is 69.3 Å². The van der Waals surface area contributed by atoms with Crippen LogP contribution >= 0.6 is 0 Å². The molecule has 1 fully saturated rings. The van der Waals surface area contributed by atoms with Gasteiger partial charge in [0.05, 0.1) is 70.7 Å². The summed E-state index contributed by atoms with van der Waals surface area (Å²) in [6.45, 7) is 15.4. The van der Waals surface area contributed by atoms with Crippen molar-refractivity contribution in [2.75, 3.05) is 67.7 Å². The Morgan fingerprint density at radius 2 is 1.13 bits per heavy atom. The second-order valence-corrected chi connectivity index (χ2v) is 19.7. The predicted octanol–water partition coefficient (Wildman–Crippen LogP) is 17.0. The van der Waals surface area contributed by atoms with Gasteiger partial charge in [-0.05, 0) is 207 Å². The molecule has 9 rings (SSSR count). The first kappa shape index (κ1) is 54.0. The molecule has 0 radical (unpaired) electrons. The average Bonchev–Trinajstić information content (AvgIpc) is 4.01. The topological polar surface area (TPSA) is 115 Å². The van der Waals surface area contributed by atoms with E-state index in [0.29, 0.717) is 24.9 Å². The Bertz CT molecular complexity index is 3490. The zero-order valence-corrected chi connectivity index (χ0v) is 46.2. The van der Waals surface area contributed by atoms with Gasteiger partial charge in [0.2, 0.25) is 0 Å². The highest BCUT2D eigenvalue weighted by Gasteiger charge is 2.18.